The van der Waals surface area contributed by atoms with Crippen molar-refractivity contribution >= 4 is 29.0 Å². The molecule has 0 aliphatic carbocycles. The van der Waals surface area contributed by atoms with Crippen LogP contribution in [0.5, 0.6) is 0 Å². The van der Waals surface area contributed by atoms with Gasteiger partial charge in [0, 0.05) is 11.8 Å². The lowest BCUT2D eigenvalue weighted by molar-refractivity contribution is 1.20. The van der Waals surface area contributed by atoms with Gasteiger partial charge in [0.25, 0.3) is 0 Å². The first kappa shape index (κ1) is 12.7. The van der Waals surface area contributed by atoms with Crippen LogP contribution in [0.2, 0.25) is 10.0 Å². The predicted octanol–water partition coefficient (Wildman–Crippen LogP) is 3.70. The highest BCUT2D eigenvalue weighted by Gasteiger charge is 2.07. The standard InChI is InChI=1S/C13H9Cl2N3/c14-11-2-1-9(6-12(11)15)10-5-8(3-4-16)7-18-13(10)17/h1-2,5-7H,3H2,(H2,17,18). The largest absolute Gasteiger partial charge is 0.383 e. The van der Waals surface area contributed by atoms with Crippen LogP contribution < -0.4 is 5.73 Å². The summed E-state index contributed by atoms with van der Waals surface area (Å²) in [6.45, 7) is 0. The summed E-state index contributed by atoms with van der Waals surface area (Å²) in [6.07, 6.45) is 1.89. The van der Waals surface area contributed by atoms with E-state index in [9.17, 15) is 0 Å². The van der Waals surface area contributed by atoms with E-state index in [1.165, 1.54) is 0 Å². The van der Waals surface area contributed by atoms with Crippen LogP contribution in [0.15, 0.2) is 30.5 Å². The highest BCUT2D eigenvalue weighted by Crippen LogP contribution is 2.31. The quantitative estimate of drug-likeness (QED) is 0.910. The topological polar surface area (TPSA) is 62.7 Å². The Morgan fingerprint density at radius 2 is 2.00 bits per heavy atom. The van der Waals surface area contributed by atoms with Crippen molar-refractivity contribution in [3.8, 4) is 17.2 Å². The zero-order chi connectivity index (χ0) is 13.1. The summed E-state index contributed by atoms with van der Waals surface area (Å²) in [7, 11) is 0. The molecule has 0 radical (unpaired) electrons. The molecule has 0 amide bonds. The van der Waals surface area contributed by atoms with E-state index in [0.29, 0.717) is 22.3 Å². The van der Waals surface area contributed by atoms with Gasteiger partial charge >= 0.3 is 0 Å². The van der Waals surface area contributed by atoms with Crippen molar-refractivity contribution in [2.24, 2.45) is 0 Å². The number of benzene rings is 1. The summed E-state index contributed by atoms with van der Waals surface area (Å²) in [5.41, 5.74) is 8.23. The molecule has 1 heterocycles. The number of halogens is 2. The number of rotatable bonds is 2. The highest BCUT2D eigenvalue weighted by atomic mass is 35.5. The number of anilines is 1. The first-order valence-corrected chi connectivity index (χ1v) is 5.94. The van der Waals surface area contributed by atoms with Crippen molar-refractivity contribution in [1.29, 1.82) is 5.26 Å². The Bertz CT molecular complexity index is 633. The molecule has 0 saturated carbocycles. The minimum atomic E-state index is 0.293. The monoisotopic (exact) mass is 277 g/mol. The zero-order valence-electron chi connectivity index (χ0n) is 9.32. The van der Waals surface area contributed by atoms with Crippen LogP contribution in [0.4, 0.5) is 5.82 Å². The second-order valence-electron chi connectivity index (χ2n) is 3.74. The molecule has 0 saturated heterocycles. The molecule has 1 aromatic carbocycles. The lowest BCUT2D eigenvalue weighted by atomic mass is 10.0. The number of pyridine rings is 1. The average Bonchev–Trinajstić information content (AvgIpc) is 2.35. The third-order valence-corrected chi connectivity index (χ3v) is 3.23. The second-order valence-corrected chi connectivity index (χ2v) is 4.55. The molecule has 0 atom stereocenters. The molecule has 0 fully saturated rings. The highest BCUT2D eigenvalue weighted by molar-refractivity contribution is 6.42. The van der Waals surface area contributed by atoms with Crippen molar-refractivity contribution in [3.63, 3.8) is 0 Å². The Labute approximate surface area is 115 Å². The Morgan fingerprint density at radius 3 is 2.67 bits per heavy atom. The molecule has 0 aliphatic rings. The summed E-state index contributed by atoms with van der Waals surface area (Å²) in [5.74, 6) is 0.398. The van der Waals surface area contributed by atoms with Crippen LogP contribution in [0.25, 0.3) is 11.1 Å². The summed E-state index contributed by atoms with van der Waals surface area (Å²) in [4.78, 5) is 4.08. The van der Waals surface area contributed by atoms with E-state index in [1.54, 1.807) is 18.3 Å². The number of nitrogens with two attached hydrogens (primary N) is 1. The lowest BCUT2D eigenvalue weighted by Crippen LogP contribution is -1.96. The van der Waals surface area contributed by atoms with Gasteiger partial charge in [-0.25, -0.2) is 4.98 Å². The molecule has 0 unspecified atom stereocenters. The first-order chi connectivity index (χ1) is 8.61. The van der Waals surface area contributed by atoms with Gasteiger partial charge in [-0.05, 0) is 29.3 Å². The Morgan fingerprint density at radius 1 is 1.22 bits per heavy atom. The maximum atomic E-state index is 8.68. The second kappa shape index (κ2) is 5.26. The van der Waals surface area contributed by atoms with Gasteiger partial charge in [-0.2, -0.15) is 5.26 Å². The van der Waals surface area contributed by atoms with Gasteiger partial charge < -0.3 is 5.73 Å². The van der Waals surface area contributed by atoms with Crippen molar-refractivity contribution in [2.75, 3.05) is 5.73 Å². The summed E-state index contributed by atoms with van der Waals surface area (Å²) >= 11 is 11.8. The van der Waals surface area contributed by atoms with Gasteiger partial charge in [0.05, 0.1) is 22.5 Å². The van der Waals surface area contributed by atoms with Crippen LogP contribution in [0, 0.1) is 11.3 Å². The Hall–Kier alpha value is -1.76. The van der Waals surface area contributed by atoms with E-state index in [2.05, 4.69) is 11.1 Å². The van der Waals surface area contributed by atoms with E-state index < -0.39 is 0 Å². The average molecular weight is 278 g/mol. The molecule has 2 rings (SSSR count). The van der Waals surface area contributed by atoms with Crippen molar-refractivity contribution in [1.82, 2.24) is 4.98 Å². The summed E-state index contributed by atoms with van der Waals surface area (Å²) < 4.78 is 0. The maximum Gasteiger partial charge on any atom is 0.131 e. The van der Waals surface area contributed by atoms with Crippen LogP contribution in [0.3, 0.4) is 0 Å². The predicted molar refractivity (Wildman–Crippen MR) is 73.4 cm³/mol. The van der Waals surface area contributed by atoms with E-state index in [0.717, 1.165) is 16.7 Å². The van der Waals surface area contributed by atoms with E-state index in [4.69, 9.17) is 34.2 Å². The molecular formula is C13H9Cl2N3. The zero-order valence-corrected chi connectivity index (χ0v) is 10.8. The molecule has 0 spiro atoms. The molecule has 0 aliphatic heterocycles. The summed E-state index contributed by atoms with van der Waals surface area (Å²) in [5, 5.41) is 9.63. The molecule has 5 heteroatoms. The van der Waals surface area contributed by atoms with Crippen LogP contribution in [-0.4, -0.2) is 4.98 Å². The molecule has 3 nitrogen and oxygen atoms in total. The van der Waals surface area contributed by atoms with Gasteiger partial charge in [-0.1, -0.05) is 29.3 Å². The molecule has 2 N–H and O–H groups in total. The number of nitrogen functional groups attached to an aromatic ring is 1. The molecule has 90 valence electrons. The molecule has 2 aromatic rings. The van der Waals surface area contributed by atoms with Crippen LogP contribution >= 0.6 is 23.2 Å². The SMILES string of the molecule is N#CCc1cnc(N)c(-c2ccc(Cl)c(Cl)c2)c1. The van der Waals surface area contributed by atoms with Gasteiger partial charge in [0.1, 0.15) is 5.82 Å². The number of nitrogens with zero attached hydrogens (tertiary/aromatic N) is 2. The lowest BCUT2D eigenvalue weighted by Gasteiger charge is -2.07. The van der Waals surface area contributed by atoms with Gasteiger partial charge in [0.2, 0.25) is 0 Å². The Kier molecular flexibility index (Phi) is 3.71. The fraction of sp³-hybridized carbons (Fsp3) is 0.0769. The third-order valence-electron chi connectivity index (χ3n) is 2.49. The molecular weight excluding hydrogens is 269 g/mol. The molecule has 0 bridgehead atoms. The van der Waals surface area contributed by atoms with Crippen LogP contribution in [0.1, 0.15) is 5.56 Å². The number of hydrogen-bond acceptors (Lipinski definition) is 3. The molecule has 18 heavy (non-hydrogen) atoms. The summed E-state index contributed by atoms with van der Waals surface area (Å²) in [6, 6.07) is 9.16. The minimum Gasteiger partial charge on any atom is -0.383 e. The van der Waals surface area contributed by atoms with Gasteiger partial charge in [0.15, 0.2) is 0 Å². The normalized spacial score (nSPS) is 10.1. The van der Waals surface area contributed by atoms with Gasteiger partial charge in [-0.15, -0.1) is 0 Å². The third kappa shape index (κ3) is 2.56. The molecule has 1 aromatic heterocycles. The fourth-order valence-electron chi connectivity index (χ4n) is 1.60. The van der Waals surface area contributed by atoms with Crippen molar-refractivity contribution in [2.45, 2.75) is 6.42 Å². The number of nitriles is 1. The van der Waals surface area contributed by atoms with E-state index >= 15 is 0 Å². The smallest absolute Gasteiger partial charge is 0.131 e. The van der Waals surface area contributed by atoms with Gasteiger partial charge in [-0.3, -0.25) is 0 Å². The number of aromatic nitrogens is 1. The Balaban J connectivity index is 2.52. The maximum absolute atomic E-state index is 8.68. The van der Waals surface area contributed by atoms with E-state index in [1.807, 2.05) is 12.1 Å². The van der Waals surface area contributed by atoms with Crippen molar-refractivity contribution in [3.05, 3.63) is 46.1 Å². The van der Waals surface area contributed by atoms with Crippen LogP contribution in [-0.2, 0) is 6.42 Å². The number of hydrogen-bond donors (Lipinski definition) is 1. The van der Waals surface area contributed by atoms with E-state index in [-0.39, 0.29) is 0 Å². The minimum absolute atomic E-state index is 0.293. The van der Waals surface area contributed by atoms with Crippen molar-refractivity contribution < 1.29 is 0 Å². The first-order valence-electron chi connectivity index (χ1n) is 5.18. The fourth-order valence-corrected chi connectivity index (χ4v) is 1.90.